The van der Waals surface area contributed by atoms with Gasteiger partial charge in [-0.3, -0.25) is 0 Å². The number of hydrogen-bond acceptors (Lipinski definition) is 4. The van der Waals surface area contributed by atoms with E-state index in [0.717, 1.165) is 29.8 Å². The fourth-order valence-corrected chi connectivity index (χ4v) is 3.40. The third-order valence-electron chi connectivity index (χ3n) is 3.86. The highest BCUT2D eigenvalue weighted by Gasteiger charge is 2.06. The number of rotatable bonds is 10. The zero-order chi connectivity index (χ0) is 17.9. The number of allylic oxidation sites excluding steroid dienone is 1. The normalized spacial score (nSPS) is 11.1. The van der Waals surface area contributed by atoms with E-state index in [1.54, 1.807) is 11.3 Å². The van der Waals surface area contributed by atoms with Crippen LogP contribution in [0.1, 0.15) is 57.2 Å². The van der Waals surface area contributed by atoms with Gasteiger partial charge < -0.3 is 4.74 Å². The molecule has 0 saturated heterocycles. The highest BCUT2D eigenvalue weighted by molar-refractivity contribution is 7.15. The summed E-state index contributed by atoms with van der Waals surface area (Å²) < 4.78 is 5.29. The van der Waals surface area contributed by atoms with Gasteiger partial charge >= 0.3 is 5.97 Å². The lowest BCUT2D eigenvalue weighted by atomic mass is 10.1. The SMILES string of the molecule is CCCC=CC(=O)Oc1ccc(-c2ncc(CCCCCC)s2)cc1. The summed E-state index contributed by atoms with van der Waals surface area (Å²) in [5.74, 6) is 0.232. The van der Waals surface area contributed by atoms with E-state index in [1.165, 1.54) is 36.6 Å². The summed E-state index contributed by atoms with van der Waals surface area (Å²) >= 11 is 1.75. The van der Waals surface area contributed by atoms with E-state index >= 15 is 0 Å². The minimum Gasteiger partial charge on any atom is -0.423 e. The van der Waals surface area contributed by atoms with Gasteiger partial charge in [-0.05, 0) is 43.5 Å². The first kappa shape index (κ1) is 19.4. The van der Waals surface area contributed by atoms with Crippen LogP contribution in [-0.2, 0) is 11.2 Å². The van der Waals surface area contributed by atoms with Crippen LogP contribution in [-0.4, -0.2) is 11.0 Å². The molecule has 1 aromatic carbocycles. The lowest BCUT2D eigenvalue weighted by Gasteiger charge is -2.02. The Morgan fingerprint density at radius 3 is 2.64 bits per heavy atom. The van der Waals surface area contributed by atoms with E-state index in [-0.39, 0.29) is 5.97 Å². The monoisotopic (exact) mass is 357 g/mol. The Labute approximate surface area is 154 Å². The predicted molar refractivity (Wildman–Crippen MR) is 105 cm³/mol. The second-order valence-corrected chi connectivity index (χ2v) is 7.19. The van der Waals surface area contributed by atoms with Gasteiger partial charge in [-0.25, -0.2) is 9.78 Å². The number of aromatic nitrogens is 1. The van der Waals surface area contributed by atoms with Crippen molar-refractivity contribution in [3.05, 3.63) is 47.5 Å². The molecule has 0 atom stereocenters. The zero-order valence-corrected chi connectivity index (χ0v) is 16.0. The number of benzene rings is 1. The molecule has 0 bridgehead atoms. The van der Waals surface area contributed by atoms with E-state index < -0.39 is 0 Å². The average molecular weight is 358 g/mol. The van der Waals surface area contributed by atoms with E-state index in [0.29, 0.717) is 5.75 Å². The number of ether oxygens (including phenoxy) is 1. The van der Waals surface area contributed by atoms with Crippen molar-refractivity contribution >= 4 is 17.3 Å². The summed E-state index contributed by atoms with van der Waals surface area (Å²) in [5.41, 5.74) is 1.06. The van der Waals surface area contributed by atoms with Crippen molar-refractivity contribution < 1.29 is 9.53 Å². The number of esters is 1. The van der Waals surface area contributed by atoms with Gasteiger partial charge in [-0.15, -0.1) is 11.3 Å². The van der Waals surface area contributed by atoms with Gasteiger partial charge in [0.1, 0.15) is 10.8 Å². The Morgan fingerprint density at radius 2 is 1.92 bits per heavy atom. The second kappa shape index (κ2) is 10.8. The maximum atomic E-state index is 11.7. The number of hydrogen-bond donors (Lipinski definition) is 0. The number of aryl methyl sites for hydroxylation is 1. The summed E-state index contributed by atoms with van der Waals surface area (Å²) in [6.45, 7) is 4.30. The molecule has 0 aliphatic rings. The number of unbranched alkanes of at least 4 members (excludes halogenated alkanes) is 4. The Balaban J connectivity index is 1.89. The van der Waals surface area contributed by atoms with Crippen LogP contribution in [0.25, 0.3) is 10.6 Å². The van der Waals surface area contributed by atoms with Crippen LogP contribution >= 0.6 is 11.3 Å². The Kier molecular flexibility index (Phi) is 8.40. The smallest absolute Gasteiger partial charge is 0.335 e. The molecule has 0 spiro atoms. The molecular weight excluding hydrogens is 330 g/mol. The first-order valence-electron chi connectivity index (χ1n) is 9.16. The lowest BCUT2D eigenvalue weighted by molar-refractivity contribution is -0.129. The van der Waals surface area contributed by atoms with Gasteiger partial charge in [-0.2, -0.15) is 0 Å². The summed E-state index contributed by atoms with van der Waals surface area (Å²) in [7, 11) is 0. The van der Waals surface area contributed by atoms with Gasteiger partial charge in [-0.1, -0.05) is 45.6 Å². The maximum Gasteiger partial charge on any atom is 0.335 e. The topological polar surface area (TPSA) is 39.2 Å². The molecule has 1 aromatic heterocycles. The molecule has 4 heteroatoms. The molecule has 0 N–H and O–H groups in total. The molecule has 2 rings (SSSR count). The van der Waals surface area contributed by atoms with Crippen LogP contribution < -0.4 is 4.74 Å². The molecule has 134 valence electrons. The lowest BCUT2D eigenvalue weighted by Crippen LogP contribution is -2.03. The maximum absolute atomic E-state index is 11.7. The minimum atomic E-state index is -0.329. The Morgan fingerprint density at radius 1 is 1.12 bits per heavy atom. The quantitative estimate of drug-likeness (QED) is 0.220. The third-order valence-corrected chi connectivity index (χ3v) is 4.97. The van der Waals surface area contributed by atoms with E-state index in [4.69, 9.17) is 4.74 Å². The third kappa shape index (κ3) is 6.83. The molecule has 0 saturated carbocycles. The molecule has 0 aliphatic heterocycles. The fraction of sp³-hybridized carbons (Fsp3) is 0.429. The average Bonchev–Trinajstić information content (AvgIpc) is 3.08. The van der Waals surface area contributed by atoms with Crippen molar-refractivity contribution in [2.75, 3.05) is 0 Å². The van der Waals surface area contributed by atoms with Gasteiger partial charge in [0.05, 0.1) is 0 Å². The number of nitrogens with zero attached hydrogens (tertiary/aromatic N) is 1. The van der Waals surface area contributed by atoms with Crippen LogP contribution in [0.15, 0.2) is 42.6 Å². The van der Waals surface area contributed by atoms with Crippen molar-refractivity contribution in [3.63, 3.8) is 0 Å². The first-order chi connectivity index (χ1) is 12.2. The molecule has 0 amide bonds. The first-order valence-corrected chi connectivity index (χ1v) is 9.98. The molecule has 1 heterocycles. The minimum absolute atomic E-state index is 0.329. The van der Waals surface area contributed by atoms with E-state index in [2.05, 4.69) is 18.8 Å². The largest absolute Gasteiger partial charge is 0.423 e. The molecule has 25 heavy (non-hydrogen) atoms. The van der Waals surface area contributed by atoms with Crippen molar-refractivity contribution in [1.82, 2.24) is 4.98 Å². The zero-order valence-electron chi connectivity index (χ0n) is 15.2. The van der Waals surface area contributed by atoms with Crippen LogP contribution in [0.3, 0.4) is 0 Å². The van der Waals surface area contributed by atoms with Gasteiger partial charge in [0.2, 0.25) is 0 Å². The second-order valence-electron chi connectivity index (χ2n) is 6.08. The molecule has 0 radical (unpaired) electrons. The number of carbonyl (C=O) groups is 1. The van der Waals surface area contributed by atoms with Crippen molar-refractivity contribution in [1.29, 1.82) is 0 Å². The predicted octanol–water partition coefficient (Wildman–Crippen LogP) is 6.19. The molecular formula is C21H27NO2S. The highest BCUT2D eigenvalue weighted by Crippen LogP contribution is 2.27. The number of thiazole rings is 1. The Bertz CT molecular complexity index is 673. The van der Waals surface area contributed by atoms with Gasteiger partial charge in [0.15, 0.2) is 0 Å². The molecule has 3 nitrogen and oxygen atoms in total. The molecule has 0 aliphatic carbocycles. The van der Waals surface area contributed by atoms with E-state index in [9.17, 15) is 4.79 Å². The van der Waals surface area contributed by atoms with Crippen molar-refractivity contribution in [3.8, 4) is 16.3 Å². The van der Waals surface area contributed by atoms with Crippen LogP contribution in [0, 0.1) is 0 Å². The fourth-order valence-electron chi connectivity index (χ4n) is 2.44. The summed E-state index contributed by atoms with van der Waals surface area (Å²) in [5, 5.41) is 1.02. The van der Waals surface area contributed by atoms with Gasteiger partial charge in [0.25, 0.3) is 0 Å². The number of carbonyl (C=O) groups excluding carboxylic acids is 1. The van der Waals surface area contributed by atoms with Crippen LogP contribution in [0.4, 0.5) is 0 Å². The van der Waals surface area contributed by atoms with Crippen molar-refractivity contribution in [2.45, 2.75) is 58.8 Å². The van der Waals surface area contributed by atoms with Crippen LogP contribution in [0.5, 0.6) is 5.75 Å². The summed E-state index contributed by atoms with van der Waals surface area (Å²) in [4.78, 5) is 17.5. The molecule has 0 unspecified atom stereocenters. The highest BCUT2D eigenvalue weighted by atomic mass is 32.1. The van der Waals surface area contributed by atoms with E-state index in [1.807, 2.05) is 36.5 Å². The van der Waals surface area contributed by atoms with Crippen LogP contribution in [0.2, 0.25) is 0 Å². The molecule has 2 aromatic rings. The van der Waals surface area contributed by atoms with Gasteiger partial charge in [0, 0.05) is 22.7 Å². The van der Waals surface area contributed by atoms with Crippen molar-refractivity contribution in [2.24, 2.45) is 0 Å². The molecule has 0 fully saturated rings. The summed E-state index contributed by atoms with van der Waals surface area (Å²) in [6, 6.07) is 7.56. The standard InChI is InChI=1S/C21H27NO2S/c1-3-5-7-9-10-19-16-22-21(25-19)17-12-14-18(15-13-17)24-20(23)11-8-6-4-2/h8,11-16H,3-7,9-10H2,1-2H3. The summed E-state index contributed by atoms with van der Waals surface area (Å²) in [6.07, 6.45) is 13.4. The Hall–Kier alpha value is -1.94.